The predicted octanol–water partition coefficient (Wildman–Crippen LogP) is 2.77. The number of carbonyl (C=O) groups excluding carboxylic acids is 1. The van der Waals surface area contributed by atoms with Crippen LogP contribution in [0.4, 0.5) is 14.5 Å². The molecule has 0 atom stereocenters. The Labute approximate surface area is 198 Å². The second-order valence-electron chi connectivity index (χ2n) is 8.72. The van der Waals surface area contributed by atoms with E-state index in [-0.39, 0.29) is 45.9 Å². The van der Waals surface area contributed by atoms with Crippen molar-refractivity contribution in [3.63, 3.8) is 0 Å². The van der Waals surface area contributed by atoms with E-state index in [0.29, 0.717) is 37.4 Å². The summed E-state index contributed by atoms with van der Waals surface area (Å²) in [4.78, 5) is 38.4. The van der Waals surface area contributed by atoms with Crippen LogP contribution < -0.4 is 15.8 Å². The van der Waals surface area contributed by atoms with Crippen molar-refractivity contribution < 1.29 is 13.6 Å². The van der Waals surface area contributed by atoms with Crippen LogP contribution in [0, 0.1) is 18.7 Å². The van der Waals surface area contributed by atoms with Crippen LogP contribution in [-0.2, 0) is 6.54 Å². The highest BCUT2D eigenvalue weighted by Crippen LogP contribution is 2.27. The van der Waals surface area contributed by atoms with Gasteiger partial charge in [0.05, 0.1) is 10.7 Å². The molecule has 178 valence electrons. The molecule has 1 aromatic carbocycles. The number of carbonyl (C=O) groups is 1. The lowest BCUT2D eigenvalue weighted by Gasteiger charge is -2.36. The second-order valence-corrected chi connectivity index (χ2v) is 9.13. The predicted molar refractivity (Wildman–Crippen MR) is 124 cm³/mol. The quantitative estimate of drug-likeness (QED) is 0.536. The first-order valence-electron chi connectivity index (χ1n) is 11.1. The lowest BCUT2D eigenvalue weighted by Crippen LogP contribution is -2.46. The molecule has 1 saturated heterocycles. The minimum atomic E-state index is -0.684. The SMILES string of the molecule is Cc1nc2c(Cl)cc(CN3CCN(c4ccc(C(=O)NC5CC5)nc4F)CC3)c(F)c2[nH]c1=O. The summed E-state index contributed by atoms with van der Waals surface area (Å²) in [6.45, 7) is 3.95. The summed E-state index contributed by atoms with van der Waals surface area (Å²) < 4.78 is 29.8. The molecular weight excluding hydrogens is 466 g/mol. The molecule has 0 unspecified atom stereocenters. The van der Waals surface area contributed by atoms with Crippen molar-refractivity contribution in [2.24, 2.45) is 0 Å². The van der Waals surface area contributed by atoms with Crippen LogP contribution in [0.1, 0.15) is 34.6 Å². The third-order valence-electron chi connectivity index (χ3n) is 6.19. The van der Waals surface area contributed by atoms with Gasteiger partial charge in [-0.2, -0.15) is 4.39 Å². The molecule has 2 N–H and O–H groups in total. The minimum absolute atomic E-state index is 0.00399. The number of aryl methyl sites for hydroxylation is 1. The fourth-order valence-corrected chi connectivity index (χ4v) is 4.36. The standard InChI is InChI=1S/C23H23ClF2N6O2/c1-12-22(33)30-20-18(25)13(10-15(24)19(20)27-12)11-31-6-8-32(9-7-31)17-5-4-16(29-21(17)26)23(34)28-14-2-3-14/h4-5,10,14H,2-3,6-9,11H2,1H3,(H,28,34)(H,30,33). The maximum Gasteiger partial charge on any atom is 0.270 e. The molecule has 0 radical (unpaired) electrons. The topological polar surface area (TPSA) is 94.2 Å². The van der Waals surface area contributed by atoms with Gasteiger partial charge in [0.25, 0.3) is 11.5 Å². The molecule has 3 aromatic rings. The number of amides is 1. The van der Waals surface area contributed by atoms with E-state index in [1.165, 1.54) is 19.1 Å². The number of rotatable bonds is 5. The van der Waals surface area contributed by atoms with E-state index in [0.717, 1.165) is 12.8 Å². The number of hydrogen-bond donors (Lipinski definition) is 2. The molecule has 0 spiro atoms. The lowest BCUT2D eigenvalue weighted by atomic mass is 10.1. The summed E-state index contributed by atoms with van der Waals surface area (Å²) in [5, 5.41) is 3.07. The van der Waals surface area contributed by atoms with Crippen LogP contribution in [0.15, 0.2) is 23.0 Å². The molecule has 5 rings (SSSR count). The molecule has 0 bridgehead atoms. The number of nitrogens with one attached hydrogen (secondary N) is 2. The Morgan fingerprint density at radius 3 is 2.62 bits per heavy atom. The summed E-state index contributed by atoms with van der Waals surface area (Å²) in [7, 11) is 0. The fraction of sp³-hybridized carbons (Fsp3) is 0.391. The van der Waals surface area contributed by atoms with Crippen LogP contribution in [0.5, 0.6) is 0 Å². The first-order chi connectivity index (χ1) is 16.3. The van der Waals surface area contributed by atoms with Crippen molar-refractivity contribution in [1.29, 1.82) is 0 Å². The van der Waals surface area contributed by atoms with E-state index < -0.39 is 17.3 Å². The number of aromatic nitrogens is 3. The molecule has 8 nitrogen and oxygen atoms in total. The Bertz CT molecular complexity index is 1340. The van der Waals surface area contributed by atoms with Crippen molar-refractivity contribution in [2.75, 3.05) is 31.1 Å². The first-order valence-corrected chi connectivity index (χ1v) is 11.5. The molecule has 1 aliphatic heterocycles. The second kappa shape index (κ2) is 8.92. The Morgan fingerprint density at radius 1 is 1.21 bits per heavy atom. The number of H-pyrrole nitrogens is 1. The molecule has 1 saturated carbocycles. The summed E-state index contributed by atoms with van der Waals surface area (Å²) in [6, 6.07) is 4.82. The van der Waals surface area contributed by atoms with Crippen molar-refractivity contribution in [2.45, 2.75) is 32.4 Å². The molecular formula is C23H23ClF2N6O2. The van der Waals surface area contributed by atoms with Crippen molar-refractivity contribution in [3.8, 4) is 0 Å². The number of piperazine rings is 1. The number of benzene rings is 1. The van der Waals surface area contributed by atoms with E-state index in [9.17, 15) is 14.0 Å². The van der Waals surface area contributed by atoms with E-state index in [1.807, 2.05) is 9.80 Å². The number of halogens is 3. The molecule has 34 heavy (non-hydrogen) atoms. The number of fused-ring (bicyclic) bond motifs is 1. The zero-order chi connectivity index (χ0) is 24.0. The summed E-state index contributed by atoms with van der Waals surface area (Å²) in [5.74, 6) is -1.60. The lowest BCUT2D eigenvalue weighted by molar-refractivity contribution is 0.0945. The van der Waals surface area contributed by atoms with Gasteiger partial charge in [-0.25, -0.2) is 14.4 Å². The van der Waals surface area contributed by atoms with E-state index in [1.54, 1.807) is 6.07 Å². The summed E-state index contributed by atoms with van der Waals surface area (Å²) in [6.07, 6.45) is 1.89. The van der Waals surface area contributed by atoms with Crippen molar-refractivity contribution in [1.82, 2.24) is 25.2 Å². The van der Waals surface area contributed by atoms with Crippen molar-refractivity contribution >= 4 is 34.2 Å². The average molecular weight is 489 g/mol. The third-order valence-corrected chi connectivity index (χ3v) is 6.48. The molecule has 1 amide bonds. The van der Waals surface area contributed by atoms with Gasteiger partial charge >= 0.3 is 0 Å². The number of aromatic amines is 1. The van der Waals surface area contributed by atoms with Gasteiger partial charge in [-0.3, -0.25) is 14.5 Å². The monoisotopic (exact) mass is 488 g/mol. The smallest absolute Gasteiger partial charge is 0.270 e. The first kappa shape index (κ1) is 22.7. The summed E-state index contributed by atoms with van der Waals surface area (Å²) in [5.41, 5.74) is 0.736. The number of nitrogens with zero attached hydrogens (tertiary/aromatic N) is 4. The highest BCUT2D eigenvalue weighted by Gasteiger charge is 2.26. The number of anilines is 1. The Kier molecular flexibility index (Phi) is 5.95. The number of pyridine rings is 1. The average Bonchev–Trinajstić information content (AvgIpc) is 3.63. The van der Waals surface area contributed by atoms with Gasteiger partial charge in [-0.15, -0.1) is 0 Å². The Morgan fingerprint density at radius 2 is 1.94 bits per heavy atom. The van der Waals surface area contributed by atoms with Gasteiger partial charge in [-0.1, -0.05) is 11.6 Å². The van der Waals surface area contributed by atoms with E-state index in [4.69, 9.17) is 11.6 Å². The van der Waals surface area contributed by atoms with Crippen LogP contribution in [0.25, 0.3) is 11.0 Å². The fourth-order valence-electron chi connectivity index (χ4n) is 4.09. The Hall–Kier alpha value is -3.11. The van der Waals surface area contributed by atoms with Gasteiger partial charge < -0.3 is 15.2 Å². The van der Waals surface area contributed by atoms with Crippen LogP contribution in [-0.4, -0.2) is 58.0 Å². The van der Waals surface area contributed by atoms with E-state index in [2.05, 4.69) is 20.3 Å². The highest BCUT2D eigenvalue weighted by molar-refractivity contribution is 6.35. The van der Waals surface area contributed by atoms with E-state index >= 15 is 4.39 Å². The van der Waals surface area contributed by atoms with Gasteiger partial charge in [0, 0.05) is 44.3 Å². The normalized spacial score (nSPS) is 16.8. The molecule has 2 fully saturated rings. The molecule has 3 heterocycles. The van der Waals surface area contributed by atoms with Crippen LogP contribution in [0.3, 0.4) is 0 Å². The van der Waals surface area contributed by atoms with Gasteiger partial charge in [0.2, 0.25) is 5.95 Å². The molecule has 2 aliphatic rings. The number of hydrogen-bond acceptors (Lipinski definition) is 6. The van der Waals surface area contributed by atoms with Gasteiger partial charge in [0.1, 0.15) is 22.4 Å². The highest BCUT2D eigenvalue weighted by atomic mass is 35.5. The minimum Gasteiger partial charge on any atom is -0.365 e. The maximum atomic E-state index is 15.1. The Balaban J connectivity index is 1.26. The molecule has 11 heteroatoms. The van der Waals surface area contributed by atoms with Crippen molar-refractivity contribution in [3.05, 3.63) is 62.3 Å². The summed E-state index contributed by atoms with van der Waals surface area (Å²) >= 11 is 6.31. The molecule has 1 aliphatic carbocycles. The van der Waals surface area contributed by atoms with Crippen LogP contribution in [0.2, 0.25) is 5.02 Å². The maximum absolute atomic E-state index is 15.1. The molecule has 2 aromatic heterocycles. The third kappa shape index (κ3) is 4.47. The zero-order valence-electron chi connectivity index (χ0n) is 18.5. The van der Waals surface area contributed by atoms with Crippen LogP contribution >= 0.6 is 11.6 Å². The van der Waals surface area contributed by atoms with Gasteiger partial charge in [0.15, 0.2) is 5.82 Å². The largest absolute Gasteiger partial charge is 0.365 e. The zero-order valence-corrected chi connectivity index (χ0v) is 19.3. The van der Waals surface area contributed by atoms with Gasteiger partial charge in [-0.05, 0) is 38.0 Å².